The molecule has 0 spiro atoms. The highest BCUT2D eigenvalue weighted by atomic mass is 16.1. The predicted molar refractivity (Wildman–Crippen MR) is 98.9 cm³/mol. The number of nitrogen functional groups attached to an aromatic ring is 2. The number of carbonyl (C=O) groups excluding carboxylic acids is 1. The molecule has 0 aliphatic heterocycles. The fourth-order valence-electron chi connectivity index (χ4n) is 2.84. The molecule has 8 nitrogen and oxygen atoms in total. The first-order valence-corrected chi connectivity index (χ1v) is 7.82. The molecule has 0 atom stereocenters. The molecule has 0 amide bonds. The lowest BCUT2D eigenvalue weighted by molar-refractivity contribution is 0.103. The summed E-state index contributed by atoms with van der Waals surface area (Å²) in [5, 5.41) is 8.52. The number of aromatic nitrogens is 3. The van der Waals surface area contributed by atoms with Gasteiger partial charge in [0.1, 0.15) is 11.5 Å². The number of nitrogens with two attached hydrogens (primary N) is 2. The summed E-state index contributed by atoms with van der Waals surface area (Å²) in [6.45, 7) is 0. The second-order valence-corrected chi connectivity index (χ2v) is 5.81. The molecule has 4 rings (SSSR count). The van der Waals surface area contributed by atoms with Crippen molar-refractivity contribution in [1.82, 2.24) is 14.8 Å². The van der Waals surface area contributed by atoms with E-state index in [9.17, 15) is 4.79 Å². The van der Waals surface area contributed by atoms with Crippen LogP contribution in [-0.4, -0.2) is 20.5 Å². The van der Waals surface area contributed by atoms with E-state index < -0.39 is 0 Å². The molecule has 2 aromatic carbocycles. The Kier molecular flexibility index (Phi) is 3.51. The van der Waals surface area contributed by atoms with E-state index >= 15 is 0 Å². The number of hydrogen-bond donors (Lipinski definition) is 4. The van der Waals surface area contributed by atoms with Gasteiger partial charge in [0.2, 0.25) is 5.78 Å². The summed E-state index contributed by atoms with van der Waals surface area (Å²) in [6.07, 6.45) is 1.43. The SMILES string of the molecule is N=Nc1cc(-n2ncc(C(=O)c3cc4ccccc4[nH]3)c2N)ccc1N. The van der Waals surface area contributed by atoms with Gasteiger partial charge < -0.3 is 16.5 Å². The maximum Gasteiger partial charge on any atom is 0.214 e. The molecule has 128 valence electrons. The fourth-order valence-corrected chi connectivity index (χ4v) is 2.84. The molecular weight excluding hydrogens is 330 g/mol. The van der Waals surface area contributed by atoms with Gasteiger partial charge in [-0.15, -0.1) is 0 Å². The Bertz CT molecular complexity index is 1120. The maximum atomic E-state index is 12.8. The molecule has 0 aliphatic rings. The van der Waals surface area contributed by atoms with Crippen LogP contribution in [0.25, 0.3) is 16.6 Å². The van der Waals surface area contributed by atoms with Crippen LogP contribution in [0.5, 0.6) is 0 Å². The summed E-state index contributed by atoms with van der Waals surface area (Å²) in [7, 11) is 0. The van der Waals surface area contributed by atoms with Gasteiger partial charge in [-0.2, -0.15) is 10.2 Å². The van der Waals surface area contributed by atoms with Gasteiger partial charge >= 0.3 is 0 Å². The van der Waals surface area contributed by atoms with E-state index in [1.54, 1.807) is 24.3 Å². The van der Waals surface area contributed by atoms with E-state index in [0.29, 0.717) is 22.8 Å². The lowest BCUT2D eigenvalue weighted by Crippen LogP contribution is -2.07. The first kappa shape index (κ1) is 15.6. The Morgan fingerprint density at radius 2 is 1.96 bits per heavy atom. The Morgan fingerprint density at radius 1 is 1.15 bits per heavy atom. The highest BCUT2D eigenvalue weighted by Crippen LogP contribution is 2.27. The zero-order chi connectivity index (χ0) is 18.3. The summed E-state index contributed by atoms with van der Waals surface area (Å²) >= 11 is 0. The van der Waals surface area contributed by atoms with Crippen molar-refractivity contribution in [3.8, 4) is 5.69 Å². The topological polar surface area (TPSA) is 139 Å². The van der Waals surface area contributed by atoms with E-state index in [4.69, 9.17) is 17.0 Å². The molecular formula is C18H15N7O. The number of nitrogens with one attached hydrogen (secondary N) is 2. The fraction of sp³-hybridized carbons (Fsp3) is 0. The smallest absolute Gasteiger partial charge is 0.214 e. The molecule has 0 aliphatic carbocycles. The average Bonchev–Trinajstić information content (AvgIpc) is 3.25. The number of nitrogens with zero attached hydrogens (tertiary/aromatic N) is 3. The molecule has 0 bridgehead atoms. The van der Waals surface area contributed by atoms with Crippen LogP contribution < -0.4 is 11.5 Å². The van der Waals surface area contributed by atoms with Crippen molar-refractivity contribution in [2.24, 2.45) is 5.11 Å². The van der Waals surface area contributed by atoms with E-state index in [0.717, 1.165) is 10.9 Å². The quantitative estimate of drug-likeness (QED) is 0.256. The van der Waals surface area contributed by atoms with Crippen molar-refractivity contribution < 1.29 is 4.79 Å². The monoisotopic (exact) mass is 345 g/mol. The van der Waals surface area contributed by atoms with Gasteiger partial charge in [0.15, 0.2) is 0 Å². The van der Waals surface area contributed by atoms with Crippen molar-refractivity contribution >= 4 is 33.9 Å². The third-order valence-electron chi connectivity index (χ3n) is 4.20. The number of rotatable bonds is 4. The Morgan fingerprint density at radius 3 is 2.73 bits per heavy atom. The molecule has 4 aromatic rings. The van der Waals surface area contributed by atoms with Crippen molar-refractivity contribution in [1.29, 1.82) is 5.53 Å². The Hall–Kier alpha value is -3.94. The molecule has 0 saturated carbocycles. The first-order chi connectivity index (χ1) is 12.6. The number of para-hydroxylation sites is 1. The molecule has 2 aromatic heterocycles. The van der Waals surface area contributed by atoms with E-state index in [1.165, 1.54) is 10.9 Å². The largest absolute Gasteiger partial charge is 0.397 e. The zero-order valence-electron chi connectivity index (χ0n) is 13.6. The molecule has 26 heavy (non-hydrogen) atoms. The minimum atomic E-state index is -0.245. The van der Waals surface area contributed by atoms with Crippen LogP contribution in [0.2, 0.25) is 0 Å². The standard InChI is InChI=1S/C18H15N7O/c19-13-6-5-11(8-15(13)24-21)25-18(20)12(9-22-25)17(26)16-7-10-3-1-2-4-14(10)23-16/h1-9,21,23H,19-20H2. The van der Waals surface area contributed by atoms with Crippen LogP contribution in [0, 0.1) is 5.53 Å². The van der Waals surface area contributed by atoms with Crippen LogP contribution in [0.4, 0.5) is 17.2 Å². The molecule has 2 heterocycles. The van der Waals surface area contributed by atoms with Crippen LogP contribution in [0.1, 0.15) is 16.1 Å². The van der Waals surface area contributed by atoms with Crippen molar-refractivity contribution in [2.75, 3.05) is 11.5 Å². The van der Waals surface area contributed by atoms with E-state index in [2.05, 4.69) is 15.2 Å². The Labute approximate surface area is 147 Å². The molecule has 8 heteroatoms. The highest BCUT2D eigenvalue weighted by Gasteiger charge is 2.19. The van der Waals surface area contributed by atoms with Gasteiger partial charge in [0, 0.05) is 10.9 Å². The number of ketones is 1. The Balaban J connectivity index is 1.75. The van der Waals surface area contributed by atoms with Gasteiger partial charge in [-0.05, 0) is 30.3 Å². The minimum absolute atomic E-state index is 0.203. The molecule has 0 unspecified atom stereocenters. The third kappa shape index (κ3) is 2.40. The van der Waals surface area contributed by atoms with Crippen LogP contribution >= 0.6 is 0 Å². The van der Waals surface area contributed by atoms with E-state index in [1.807, 2.05) is 24.3 Å². The zero-order valence-corrected chi connectivity index (χ0v) is 13.6. The van der Waals surface area contributed by atoms with Crippen molar-refractivity contribution in [2.45, 2.75) is 0 Å². The summed E-state index contributed by atoms with van der Waals surface area (Å²) in [6, 6.07) is 14.3. The number of carbonyl (C=O) groups is 1. The number of anilines is 2. The third-order valence-corrected chi connectivity index (χ3v) is 4.20. The number of aromatic amines is 1. The lowest BCUT2D eigenvalue weighted by atomic mass is 10.1. The highest BCUT2D eigenvalue weighted by molar-refractivity contribution is 6.12. The summed E-state index contributed by atoms with van der Waals surface area (Å²) < 4.78 is 1.42. The van der Waals surface area contributed by atoms with Crippen LogP contribution in [-0.2, 0) is 0 Å². The number of benzene rings is 2. The number of hydrogen-bond acceptors (Lipinski definition) is 6. The van der Waals surface area contributed by atoms with E-state index in [-0.39, 0.29) is 17.2 Å². The molecule has 0 fully saturated rings. The number of H-pyrrole nitrogens is 1. The number of fused-ring (bicyclic) bond motifs is 1. The van der Waals surface area contributed by atoms with Crippen molar-refractivity contribution in [3.63, 3.8) is 0 Å². The van der Waals surface area contributed by atoms with Gasteiger partial charge in [-0.25, -0.2) is 10.2 Å². The van der Waals surface area contributed by atoms with Gasteiger partial charge in [-0.3, -0.25) is 4.79 Å². The summed E-state index contributed by atoms with van der Waals surface area (Å²) in [5.41, 5.74) is 21.9. The predicted octanol–water partition coefficient (Wildman–Crippen LogP) is 3.41. The second kappa shape index (κ2) is 5.85. The van der Waals surface area contributed by atoms with Gasteiger partial charge in [0.25, 0.3) is 0 Å². The van der Waals surface area contributed by atoms with Crippen molar-refractivity contribution in [3.05, 3.63) is 66.0 Å². The first-order valence-electron chi connectivity index (χ1n) is 7.82. The maximum absolute atomic E-state index is 12.8. The lowest BCUT2D eigenvalue weighted by Gasteiger charge is -2.07. The molecule has 6 N–H and O–H groups in total. The molecule has 0 saturated heterocycles. The van der Waals surface area contributed by atoms with Gasteiger partial charge in [0.05, 0.1) is 28.8 Å². The summed E-state index contributed by atoms with van der Waals surface area (Å²) in [4.78, 5) is 15.9. The summed E-state index contributed by atoms with van der Waals surface area (Å²) in [5.74, 6) is -0.0415. The van der Waals surface area contributed by atoms with Crippen LogP contribution in [0.3, 0.4) is 0 Å². The second-order valence-electron chi connectivity index (χ2n) is 5.81. The van der Waals surface area contributed by atoms with Gasteiger partial charge in [-0.1, -0.05) is 18.2 Å². The molecule has 0 radical (unpaired) electrons. The average molecular weight is 345 g/mol. The minimum Gasteiger partial charge on any atom is -0.397 e. The normalized spacial score (nSPS) is 10.9. The van der Waals surface area contributed by atoms with Crippen LogP contribution in [0.15, 0.2) is 59.8 Å².